The normalized spacial score (nSPS) is 10.8. The van der Waals surface area contributed by atoms with Crippen LogP contribution in [0.2, 0.25) is 5.02 Å². The van der Waals surface area contributed by atoms with Crippen molar-refractivity contribution >= 4 is 40.9 Å². The van der Waals surface area contributed by atoms with Gasteiger partial charge in [-0.15, -0.1) is 0 Å². The van der Waals surface area contributed by atoms with E-state index in [-0.39, 0.29) is 5.91 Å². The van der Waals surface area contributed by atoms with Crippen molar-refractivity contribution in [3.63, 3.8) is 0 Å². The second kappa shape index (κ2) is 9.85. The molecular formula is C25H20ClN5O. The van der Waals surface area contributed by atoms with Crippen LogP contribution in [0.5, 0.6) is 0 Å². The van der Waals surface area contributed by atoms with E-state index in [1.165, 1.54) is 6.08 Å². The third kappa shape index (κ3) is 5.56. The number of carbonyl (C=O) groups excluding carboxylic acids is 1. The van der Waals surface area contributed by atoms with Crippen molar-refractivity contribution in [1.29, 1.82) is 0 Å². The molecule has 2 N–H and O–H groups in total. The predicted molar refractivity (Wildman–Crippen MR) is 129 cm³/mol. The Morgan fingerprint density at radius 1 is 1.03 bits per heavy atom. The Hall–Kier alpha value is -4.03. The van der Waals surface area contributed by atoms with Gasteiger partial charge in [-0.25, -0.2) is 9.97 Å². The van der Waals surface area contributed by atoms with Gasteiger partial charge in [0.15, 0.2) is 0 Å². The smallest absolute Gasteiger partial charge is 0.248 e. The van der Waals surface area contributed by atoms with Crippen LogP contribution in [0.15, 0.2) is 85.3 Å². The number of nitrogens with zero attached hydrogens (tertiary/aromatic N) is 3. The van der Waals surface area contributed by atoms with Crippen molar-refractivity contribution in [3.8, 4) is 11.3 Å². The fourth-order valence-electron chi connectivity index (χ4n) is 2.98. The molecule has 2 heterocycles. The topological polar surface area (TPSA) is 79.8 Å². The number of hydrogen-bond acceptors (Lipinski definition) is 5. The third-order valence-corrected chi connectivity index (χ3v) is 4.91. The molecule has 6 nitrogen and oxygen atoms in total. The van der Waals surface area contributed by atoms with Crippen LogP contribution in [-0.2, 0) is 4.79 Å². The lowest BCUT2D eigenvalue weighted by Crippen LogP contribution is -2.08. The van der Waals surface area contributed by atoms with Gasteiger partial charge in [-0.2, -0.15) is 0 Å². The summed E-state index contributed by atoms with van der Waals surface area (Å²) < 4.78 is 0. The van der Waals surface area contributed by atoms with E-state index in [1.807, 2.05) is 55.5 Å². The molecule has 0 radical (unpaired) electrons. The van der Waals surface area contributed by atoms with Crippen molar-refractivity contribution in [3.05, 3.63) is 101 Å². The summed E-state index contributed by atoms with van der Waals surface area (Å²) in [5.74, 6) is 0.227. The highest BCUT2D eigenvalue weighted by atomic mass is 35.5. The van der Waals surface area contributed by atoms with Gasteiger partial charge in [0.25, 0.3) is 0 Å². The Kier molecular flexibility index (Phi) is 6.53. The van der Waals surface area contributed by atoms with Crippen LogP contribution in [-0.4, -0.2) is 20.9 Å². The molecule has 2 aromatic heterocycles. The van der Waals surface area contributed by atoms with Crippen LogP contribution in [0, 0.1) is 6.92 Å². The molecule has 0 aliphatic rings. The molecule has 0 saturated heterocycles. The molecule has 0 unspecified atom stereocenters. The van der Waals surface area contributed by atoms with E-state index in [9.17, 15) is 4.79 Å². The fourth-order valence-corrected chi connectivity index (χ4v) is 3.10. The highest BCUT2D eigenvalue weighted by Crippen LogP contribution is 2.24. The largest absolute Gasteiger partial charge is 0.324 e. The number of rotatable bonds is 6. The summed E-state index contributed by atoms with van der Waals surface area (Å²) in [6.45, 7) is 1.97. The molecule has 1 amide bonds. The Labute approximate surface area is 191 Å². The molecule has 0 aliphatic heterocycles. The van der Waals surface area contributed by atoms with Crippen LogP contribution in [0.3, 0.4) is 0 Å². The SMILES string of the molecule is Cc1ccc(NC(=O)/C=C/c2ccc(Cl)cc2)cc1Nc1nccc(-c2cccnc2)n1. The molecule has 4 rings (SSSR count). The number of aromatic nitrogens is 3. The lowest BCUT2D eigenvalue weighted by atomic mass is 10.1. The average Bonchev–Trinajstić information content (AvgIpc) is 2.82. The molecule has 0 aliphatic carbocycles. The Morgan fingerprint density at radius 3 is 2.66 bits per heavy atom. The van der Waals surface area contributed by atoms with Crippen LogP contribution >= 0.6 is 11.6 Å². The maximum Gasteiger partial charge on any atom is 0.248 e. The predicted octanol–water partition coefficient (Wildman–Crippen LogP) is 5.90. The zero-order chi connectivity index (χ0) is 22.3. The highest BCUT2D eigenvalue weighted by molar-refractivity contribution is 6.30. The summed E-state index contributed by atoms with van der Waals surface area (Å²) in [6, 6.07) is 18.5. The van der Waals surface area contributed by atoms with Crippen LogP contribution < -0.4 is 10.6 Å². The van der Waals surface area contributed by atoms with E-state index >= 15 is 0 Å². The Balaban J connectivity index is 1.47. The van der Waals surface area contributed by atoms with Gasteiger partial charge in [0.05, 0.1) is 5.69 Å². The molecular weight excluding hydrogens is 422 g/mol. The van der Waals surface area contributed by atoms with Gasteiger partial charge in [0.1, 0.15) is 0 Å². The number of hydrogen-bond donors (Lipinski definition) is 2. The molecule has 2 aromatic carbocycles. The third-order valence-electron chi connectivity index (χ3n) is 4.66. The van der Waals surface area contributed by atoms with Crippen molar-refractivity contribution in [1.82, 2.24) is 15.0 Å². The second-order valence-electron chi connectivity index (χ2n) is 7.04. The zero-order valence-corrected chi connectivity index (χ0v) is 18.0. The minimum absolute atomic E-state index is 0.232. The minimum Gasteiger partial charge on any atom is -0.324 e. The number of aryl methyl sites for hydroxylation is 1. The van der Waals surface area contributed by atoms with Gasteiger partial charge in [0, 0.05) is 46.6 Å². The molecule has 0 atom stereocenters. The summed E-state index contributed by atoms with van der Waals surface area (Å²) >= 11 is 5.89. The van der Waals surface area contributed by atoms with Gasteiger partial charge in [-0.1, -0.05) is 29.8 Å². The first-order valence-corrected chi connectivity index (χ1v) is 10.3. The van der Waals surface area contributed by atoms with E-state index in [4.69, 9.17) is 11.6 Å². The molecule has 32 heavy (non-hydrogen) atoms. The standard InChI is InChI=1S/C25H20ClN5O/c1-17-4-10-21(29-24(32)11-7-18-5-8-20(26)9-6-18)15-23(17)31-25-28-14-12-22(30-25)19-3-2-13-27-16-19/h2-16H,1H3,(H,29,32)(H,28,30,31)/b11-7+. The lowest BCUT2D eigenvalue weighted by molar-refractivity contribution is -0.111. The Morgan fingerprint density at radius 2 is 1.88 bits per heavy atom. The van der Waals surface area contributed by atoms with E-state index in [2.05, 4.69) is 25.6 Å². The number of carbonyl (C=O) groups is 1. The first-order chi connectivity index (χ1) is 15.6. The summed E-state index contributed by atoms with van der Waals surface area (Å²) in [5.41, 5.74) is 5.02. The fraction of sp³-hybridized carbons (Fsp3) is 0.0400. The zero-order valence-electron chi connectivity index (χ0n) is 17.3. The number of anilines is 3. The average molecular weight is 442 g/mol. The molecule has 0 saturated carbocycles. The number of pyridine rings is 1. The Bertz CT molecular complexity index is 1260. The van der Waals surface area contributed by atoms with E-state index in [0.717, 1.165) is 28.1 Å². The number of halogens is 1. The minimum atomic E-state index is -0.232. The van der Waals surface area contributed by atoms with E-state index in [1.54, 1.807) is 36.8 Å². The van der Waals surface area contributed by atoms with Crippen molar-refractivity contribution < 1.29 is 4.79 Å². The molecule has 0 fully saturated rings. The maximum atomic E-state index is 12.3. The van der Waals surface area contributed by atoms with Gasteiger partial charge in [-0.3, -0.25) is 9.78 Å². The molecule has 0 spiro atoms. The summed E-state index contributed by atoms with van der Waals surface area (Å²) in [5, 5.41) is 6.76. The van der Waals surface area contributed by atoms with Crippen molar-refractivity contribution in [2.24, 2.45) is 0 Å². The summed E-state index contributed by atoms with van der Waals surface area (Å²) in [7, 11) is 0. The van der Waals surface area contributed by atoms with Gasteiger partial charge in [0.2, 0.25) is 11.9 Å². The number of nitrogens with one attached hydrogen (secondary N) is 2. The number of amides is 1. The monoisotopic (exact) mass is 441 g/mol. The van der Waals surface area contributed by atoms with Gasteiger partial charge in [-0.05, 0) is 66.6 Å². The first-order valence-electron chi connectivity index (χ1n) is 9.92. The second-order valence-corrected chi connectivity index (χ2v) is 7.47. The van der Waals surface area contributed by atoms with E-state index in [0.29, 0.717) is 16.7 Å². The van der Waals surface area contributed by atoms with E-state index < -0.39 is 0 Å². The van der Waals surface area contributed by atoms with Gasteiger partial charge < -0.3 is 10.6 Å². The highest BCUT2D eigenvalue weighted by Gasteiger charge is 2.07. The molecule has 158 valence electrons. The quantitative estimate of drug-likeness (QED) is 0.364. The summed E-state index contributed by atoms with van der Waals surface area (Å²) in [6.07, 6.45) is 8.39. The number of benzene rings is 2. The first kappa shape index (κ1) is 21.2. The van der Waals surface area contributed by atoms with Crippen LogP contribution in [0.4, 0.5) is 17.3 Å². The van der Waals surface area contributed by atoms with Crippen LogP contribution in [0.25, 0.3) is 17.3 Å². The van der Waals surface area contributed by atoms with Crippen molar-refractivity contribution in [2.45, 2.75) is 6.92 Å². The lowest BCUT2D eigenvalue weighted by Gasteiger charge is -2.11. The van der Waals surface area contributed by atoms with Crippen LogP contribution in [0.1, 0.15) is 11.1 Å². The maximum absolute atomic E-state index is 12.3. The molecule has 7 heteroatoms. The molecule has 4 aromatic rings. The summed E-state index contributed by atoms with van der Waals surface area (Å²) in [4.78, 5) is 25.3. The van der Waals surface area contributed by atoms with Gasteiger partial charge >= 0.3 is 0 Å². The molecule has 0 bridgehead atoms. The van der Waals surface area contributed by atoms with Crippen molar-refractivity contribution in [2.75, 3.05) is 10.6 Å².